The summed E-state index contributed by atoms with van der Waals surface area (Å²) in [6.45, 7) is -0.282. The van der Waals surface area contributed by atoms with E-state index in [1.807, 2.05) is 0 Å². The average Bonchev–Trinajstić information content (AvgIpc) is 2.44. The minimum absolute atomic E-state index is 0.0356. The van der Waals surface area contributed by atoms with Crippen LogP contribution in [0.25, 0.3) is 0 Å². The van der Waals surface area contributed by atoms with Crippen molar-refractivity contribution in [2.75, 3.05) is 0 Å². The van der Waals surface area contributed by atoms with E-state index in [2.05, 4.69) is 5.32 Å². The number of hydrogen-bond acceptors (Lipinski definition) is 1. The monoisotopic (exact) mass is 347 g/mol. The van der Waals surface area contributed by atoms with Gasteiger partial charge in [0.05, 0.1) is 21.2 Å². The quantitative estimate of drug-likeness (QED) is 0.836. The summed E-state index contributed by atoms with van der Waals surface area (Å²) in [4.78, 5) is 12.1. The molecule has 0 aliphatic carbocycles. The van der Waals surface area contributed by atoms with E-state index in [1.165, 1.54) is 30.3 Å². The molecule has 2 nitrogen and oxygen atoms in total. The molecule has 0 aliphatic rings. The topological polar surface area (TPSA) is 29.1 Å². The maximum atomic E-state index is 12.9. The predicted molar refractivity (Wildman–Crippen MR) is 79.1 cm³/mol. The Hall–Kier alpha value is -1.72. The number of carbonyl (C=O) groups is 1. The second-order valence-electron chi connectivity index (χ2n) is 4.43. The summed E-state index contributed by atoms with van der Waals surface area (Å²) in [5.41, 5.74) is -0.789. The Morgan fingerprint density at radius 1 is 1.00 bits per heavy atom. The molecule has 1 amide bonds. The Balaban J connectivity index is 2.19. The number of carbonyl (C=O) groups excluding carboxylic acids is 1. The van der Waals surface area contributed by atoms with Crippen molar-refractivity contribution in [1.82, 2.24) is 5.32 Å². The maximum Gasteiger partial charge on any atom is 0.416 e. The van der Waals surface area contributed by atoms with Crippen LogP contribution in [0.2, 0.25) is 10.0 Å². The minimum atomic E-state index is -4.48. The van der Waals surface area contributed by atoms with Crippen molar-refractivity contribution >= 4 is 29.1 Å². The van der Waals surface area contributed by atoms with Crippen LogP contribution < -0.4 is 5.32 Å². The first-order valence-electron chi connectivity index (χ1n) is 6.18. The molecular formula is C15H10Cl2F3NO. The van der Waals surface area contributed by atoms with Gasteiger partial charge in [0.25, 0.3) is 5.91 Å². The van der Waals surface area contributed by atoms with Gasteiger partial charge in [0.1, 0.15) is 0 Å². The number of amides is 1. The van der Waals surface area contributed by atoms with Gasteiger partial charge in [-0.25, -0.2) is 0 Å². The van der Waals surface area contributed by atoms with Crippen LogP contribution in [0, 0.1) is 0 Å². The van der Waals surface area contributed by atoms with E-state index < -0.39 is 17.6 Å². The van der Waals surface area contributed by atoms with Crippen molar-refractivity contribution in [2.45, 2.75) is 12.7 Å². The summed E-state index contributed by atoms with van der Waals surface area (Å²) in [6.07, 6.45) is -4.48. The molecule has 0 aliphatic heterocycles. The van der Waals surface area contributed by atoms with Crippen molar-refractivity contribution in [2.24, 2.45) is 0 Å². The van der Waals surface area contributed by atoms with Crippen LogP contribution in [0.3, 0.4) is 0 Å². The van der Waals surface area contributed by atoms with Gasteiger partial charge in [0.15, 0.2) is 0 Å². The number of benzene rings is 2. The zero-order chi connectivity index (χ0) is 16.3. The highest BCUT2D eigenvalue weighted by Crippen LogP contribution is 2.32. The van der Waals surface area contributed by atoms with Gasteiger partial charge in [-0.1, -0.05) is 47.5 Å². The molecule has 0 radical (unpaired) electrons. The lowest BCUT2D eigenvalue weighted by atomic mass is 10.1. The fourth-order valence-corrected chi connectivity index (χ4v) is 2.50. The van der Waals surface area contributed by atoms with Crippen LogP contribution in [0.1, 0.15) is 21.5 Å². The van der Waals surface area contributed by atoms with Crippen LogP contribution in [-0.4, -0.2) is 5.91 Å². The van der Waals surface area contributed by atoms with Gasteiger partial charge in [0, 0.05) is 6.54 Å². The van der Waals surface area contributed by atoms with Crippen LogP contribution in [0.5, 0.6) is 0 Å². The molecule has 2 rings (SSSR count). The minimum Gasteiger partial charge on any atom is -0.348 e. The third-order valence-corrected chi connectivity index (χ3v) is 3.58. The Bertz CT molecular complexity index is 681. The van der Waals surface area contributed by atoms with Crippen LogP contribution in [0.15, 0.2) is 42.5 Å². The summed E-state index contributed by atoms with van der Waals surface area (Å²) in [7, 11) is 0. The van der Waals surface area contributed by atoms with Gasteiger partial charge in [-0.15, -0.1) is 0 Å². The second-order valence-corrected chi connectivity index (χ2v) is 5.25. The van der Waals surface area contributed by atoms with Crippen LogP contribution in [0.4, 0.5) is 13.2 Å². The molecule has 116 valence electrons. The Kier molecular flexibility index (Phi) is 4.98. The standard InChI is InChI=1S/C15H10Cl2F3NO/c16-11-6-3-7-12(17)13(11)14(22)21-8-9-4-1-2-5-10(9)15(18,19)20/h1-7H,8H2,(H,21,22). The Labute approximate surface area is 134 Å². The van der Waals surface area contributed by atoms with Gasteiger partial charge < -0.3 is 5.32 Å². The van der Waals surface area contributed by atoms with E-state index in [0.717, 1.165) is 6.07 Å². The molecule has 22 heavy (non-hydrogen) atoms. The zero-order valence-corrected chi connectivity index (χ0v) is 12.6. The molecule has 0 atom stereocenters. The third-order valence-electron chi connectivity index (χ3n) is 2.95. The molecule has 0 fully saturated rings. The fraction of sp³-hybridized carbons (Fsp3) is 0.133. The maximum absolute atomic E-state index is 12.9. The first-order valence-corrected chi connectivity index (χ1v) is 6.93. The van der Waals surface area contributed by atoms with Crippen LogP contribution >= 0.6 is 23.2 Å². The normalized spacial score (nSPS) is 11.3. The lowest BCUT2D eigenvalue weighted by molar-refractivity contribution is -0.138. The second kappa shape index (κ2) is 6.58. The SMILES string of the molecule is O=C(NCc1ccccc1C(F)(F)F)c1c(Cl)cccc1Cl. The van der Waals surface area contributed by atoms with Gasteiger partial charge in [-0.05, 0) is 23.8 Å². The van der Waals surface area contributed by atoms with E-state index in [9.17, 15) is 18.0 Å². The smallest absolute Gasteiger partial charge is 0.348 e. The van der Waals surface area contributed by atoms with E-state index in [1.54, 1.807) is 6.07 Å². The van der Waals surface area contributed by atoms with E-state index >= 15 is 0 Å². The molecule has 0 aromatic heterocycles. The summed E-state index contributed by atoms with van der Waals surface area (Å²) < 4.78 is 38.6. The molecule has 2 aromatic carbocycles. The van der Waals surface area contributed by atoms with Crippen molar-refractivity contribution in [1.29, 1.82) is 0 Å². The summed E-state index contributed by atoms with van der Waals surface area (Å²) >= 11 is 11.8. The molecular weight excluding hydrogens is 338 g/mol. The molecule has 0 unspecified atom stereocenters. The summed E-state index contributed by atoms with van der Waals surface area (Å²) in [5, 5.41) is 2.67. The van der Waals surface area contributed by atoms with Gasteiger partial charge in [-0.2, -0.15) is 13.2 Å². The number of halogens is 5. The molecule has 1 N–H and O–H groups in total. The number of hydrogen-bond donors (Lipinski definition) is 1. The zero-order valence-electron chi connectivity index (χ0n) is 11.0. The fourth-order valence-electron chi connectivity index (χ4n) is 1.93. The lowest BCUT2D eigenvalue weighted by Gasteiger charge is -2.14. The largest absolute Gasteiger partial charge is 0.416 e. The van der Waals surface area contributed by atoms with E-state index in [4.69, 9.17) is 23.2 Å². The van der Waals surface area contributed by atoms with Crippen molar-refractivity contribution in [3.8, 4) is 0 Å². The first kappa shape index (κ1) is 16.6. The molecule has 7 heteroatoms. The molecule has 0 spiro atoms. The summed E-state index contributed by atoms with van der Waals surface area (Å²) in [5.74, 6) is -0.632. The Morgan fingerprint density at radius 3 is 2.18 bits per heavy atom. The molecule has 0 bridgehead atoms. The molecule has 0 saturated heterocycles. The first-order chi connectivity index (χ1) is 10.3. The number of rotatable bonds is 3. The number of nitrogens with one attached hydrogen (secondary N) is 1. The van der Waals surface area contributed by atoms with Gasteiger partial charge in [-0.3, -0.25) is 4.79 Å². The predicted octanol–water partition coefficient (Wildman–Crippen LogP) is 4.94. The van der Waals surface area contributed by atoms with Crippen LogP contribution in [-0.2, 0) is 12.7 Å². The Morgan fingerprint density at radius 2 is 1.59 bits per heavy atom. The molecule has 2 aromatic rings. The van der Waals surface area contributed by atoms with E-state index in [0.29, 0.717) is 0 Å². The van der Waals surface area contributed by atoms with Gasteiger partial charge in [0.2, 0.25) is 0 Å². The van der Waals surface area contributed by atoms with Gasteiger partial charge >= 0.3 is 6.18 Å². The van der Waals surface area contributed by atoms with Crippen molar-refractivity contribution < 1.29 is 18.0 Å². The average molecular weight is 348 g/mol. The highest BCUT2D eigenvalue weighted by atomic mass is 35.5. The van der Waals surface area contributed by atoms with Crippen molar-refractivity contribution in [3.63, 3.8) is 0 Å². The third kappa shape index (κ3) is 3.72. The highest BCUT2D eigenvalue weighted by Gasteiger charge is 2.32. The summed E-state index contributed by atoms with van der Waals surface area (Å²) in [6, 6.07) is 9.55. The van der Waals surface area contributed by atoms with Crippen molar-refractivity contribution in [3.05, 3.63) is 69.2 Å². The van der Waals surface area contributed by atoms with E-state index in [-0.39, 0.29) is 27.7 Å². The molecule has 0 saturated carbocycles. The molecule has 0 heterocycles. The highest BCUT2D eigenvalue weighted by molar-refractivity contribution is 6.39. The lowest BCUT2D eigenvalue weighted by Crippen LogP contribution is -2.25. The number of alkyl halides is 3.